The van der Waals surface area contributed by atoms with Gasteiger partial charge in [0.2, 0.25) is 5.95 Å². The van der Waals surface area contributed by atoms with Crippen molar-refractivity contribution in [3.8, 4) is 0 Å². The number of aromatic nitrogens is 2. The molecule has 1 aromatic carbocycles. The molecular formula is C18H23ClN4. The molecule has 1 saturated heterocycles. The quantitative estimate of drug-likeness (QED) is 0.883. The van der Waals surface area contributed by atoms with Crippen molar-refractivity contribution in [3.05, 3.63) is 40.5 Å². The minimum Gasteiger partial charge on any atom is -0.356 e. The zero-order valence-electron chi connectivity index (χ0n) is 13.9. The van der Waals surface area contributed by atoms with Crippen LogP contribution in [0.3, 0.4) is 0 Å². The first-order valence-corrected chi connectivity index (χ1v) is 8.52. The molecule has 122 valence electrons. The van der Waals surface area contributed by atoms with Crippen molar-refractivity contribution in [2.75, 3.05) is 23.3 Å². The topological polar surface area (TPSA) is 41.1 Å². The number of nitrogens with one attached hydrogen (secondary N) is 1. The Morgan fingerprint density at radius 1 is 1.30 bits per heavy atom. The molecule has 1 aromatic heterocycles. The molecule has 1 N–H and O–H groups in total. The predicted molar refractivity (Wildman–Crippen MR) is 96.9 cm³/mol. The fourth-order valence-electron chi connectivity index (χ4n) is 3.17. The molecule has 0 radical (unpaired) electrons. The van der Waals surface area contributed by atoms with Gasteiger partial charge < -0.3 is 10.2 Å². The van der Waals surface area contributed by atoms with Crippen LogP contribution in [0.2, 0.25) is 5.02 Å². The summed E-state index contributed by atoms with van der Waals surface area (Å²) in [5.74, 6) is 2.29. The van der Waals surface area contributed by atoms with Crippen LogP contribution in [0.1, 0.15) is 30.9 Å². The van der Waals surface area contributed by atoms with Crippen molar-refractivity contribution < 1.29 is 0 Å². The van der Waals surface area contributed by atoms with Crippen LogP contribution < -0.4 is 10.2 Å². The molecule has 2 heterocycles. The second kappa shape index (κ2) is 6.75. The molecule has 0 amide bonds. The Kier molecular flexibility index (Phi) is 4.71. The zero-order valence-corrected chi connectivity index (χ0v) is 14.7. The monoisotopic (exact) mass is 330 g/mol. The van der Waals surface area contributed by atoms with E-state index in [0.717, 1.165) is 35.7 Å². The van der Waals surface area contributed by atoms with E-state index in [4.69, 9.17) is 11.6 Å². The standard InChI is InChI=1S/C18H23ClN4/c1-12-5-4-8-23(11-12)16-6-7-20-18(21-16)22-17-14(3)9-13(2)10-15(17)19/h6-7,9-10,12H,4-5,8,11H2,1-3H3,(H,20,21,22). The maximum atomic E-state index is 6.36. The van der Waals surface area contributed by atoms with Gasteiger partial charge in [-0.1, -0.05) is 24.6 Å². The van der Waals surface area contributed by atoms with Gasteiger partial charge in [0.25, 0.3) is 0 Å². The van der Waals surface area contributed by atoms with Gasteiger partial charge in [-0.25, -0.2) is 4.98 Å². The van der Waals surface area contributed by atoms with Gasteiger partial charge >= 0.3 is 0 Å². The summed E-state index contributed by atoms with van der Waals surface area (Å²) in [5.41, 5.74) is 3.12. The molecule has 1 aliphatic heterocycles. The molecule has 0 spiro atoms. The molecule has 4 nitrogen and oxygen atoms in total. The maximum Gasteiger partial charge on any atom is 0.229 e. The molecule has 1 aliphatic rings. The number of piperidine rings is 1. The Hall–Kier alpha value is -1.81. The number of rotatable bonds is 3. The van der Waals surface area contributed by atoms with Gasteiger partial charge in [-0.15, -0.1) is 0 Å². The lowest BCUT2D eigenvalue weighted by molar-refractivity contribution is 0.444. The summed E-state index contributed by atoms with van der Waals surface area (Å²) in [7, 11) is 0. The number of hydrogen-bond acceptors (Lipinski definition) is 4. The van der Waals surface area contributed by atoms with Crippen molar-refractivity contribution in [1.82, 2.24) is 9.97 Å². The second-order valence-corrected chi connectivity index (χ2v) is 6.90. The Morgan fingerprint density at radius 2 is 2.13 bits per heavy atom. The summed E-state index contributed by atoms with van der Waals surface area (Å²) in [6.07, 6.45) is 4.32. The highest BCUT2D eigenvalue weighted by Gasteiger charge is 2.18. The highest BCUT2D eigenvalue weighted by atomic mass is 35.5. The van der Waals surface area contributed by atoms with Crippen LogP contribution in [0, 0.1) is 19.8 Å². The van der Waals surface area contributed by atoms with Crippen LogP contribution in [0.15, 0.2) is 24.4 Å². The average Bonchev–Trinajstić information content (AvgIpc) is 2.51. The van der Waals surface area contributed by atoms with Crippen LogP contribution in [0.25, 0.3) is 0 Å². The number of nitrogens with zero attached hydrogens (tertiary/aromatic N) is 3. The third-order valence-electron chi connectivity index (χ3n) is 4.29. The second-order valence-electron chi connectivity index (χ2n) is 6.50. The van der Waals surface area contributed by atoms with E-state index in [1.165, 1.54) is 12.8 Å². The van der Waals surface area contributed by atoms with E-state index in [0.29, 0.717) is 16.9 Å². The number of halogens is 1. The molecular weight excluding hydrogens is 308 g/mol. The zero-order chi connectivity index (χ0) is 16.4. The fraction of sp³-hybridized carbons (Fsp3) is 0.444. The van der Waals surface area contributed by atoms with Crippen LogP contribution in [0.4, 0.5) is 17.5 Å². The van der Waals surface area contributed by atoms with Crippen molar-refractivity contribution in [2.24, 2.45) is 5.92 Å². The molecule has 23 heavy (non-hydrogen) atoms. The fourth-order valence-corrected chi connectivity index (χ4v) is 3.54. The SMILES string of the molecule is Cc1cc(C)c(Nc2nccc(N3CCCC(C)C3)n2)c(Cl)c1. The summed E-state index contributed by atoms with van der Waals surface area (Å²) < 4.78 is 0. The van der Waals surface area contributed by atoms with E-state index < -0.39 is 0 Å². The molecule has 0 bridgehead atoms. The molecule has 3 rings (SSSR count). The first kappa shape index (κ1) is 16.1. The van der Waals surface area contributed by atoms with Gasteiger partial charge in [0.05, 0.1) is 10.7 Å². The van der Waals surface area contributed by atoms with Gasteiger partial charge in [0.15, 0.2) is 0 Å². The predicted octanol–water partition coefficient (Wildman–Crippen LogP) is 4.73. The Morgan fingerprint density at radius 3 is 2.87 bits per heavy atom. The third kappa shape index (κ3) is 3.75. The highest BCUT2D eigenvalue weighted by Crippen LogP contribution is 2.30. The molecule has 1 unspecified atom stereocenters. The number of aryl methyl sites for hydroxylation is 2. The highest BCUT2D eigenvalue weighted by molar-refractivity contribution is 6.33. The Bertz CT molecular complexity index is 678. The van der Waals surface area contributed by atoms with Gasteiger partial charge in [-0.3, -0.25) is 0 Å². The molecule has 5 heteroatoms. The van der Waals surface area contributed by atoms with Gasteiger partial charge in [0.1, 0.15) is 5.82 Å². The third-order valence-corrected chi connectivity index (χ3v) is 4.59. The van der Waals surface area contributed by atoms with Crippen molar-refractivity contribution in [1.29, 1.82) is 0 Å². The van der Waals surface area contributed by atoms with Gasteiger partial charge in [0, 0.05) is 19.3 Å². The Balaban J connectivity index is 1.83. The average molecular weight is 331 g/mol. The van der Waals surface area contributed by atoms with E-state index in [-0.39, 0.29) is 0 Å². The van der Waals surface area contributed by atoms with Crippen molar-refractivity contribution in [3.63, 3.8) is 0 Å². The normalized spacial score (nSPS) is 18.1. The minimum atomic E-state index is 0.592. The summed E-state index contributed by atoms with van der Waals surface area (Å²) in [5, 5.41) is 3.97. The van der Waals surface area contributed by atoms with Crippen molar-refractivity contribution in [2.45, 2.75) is 33.6 Å². The van der Waals surface area contributed by atoms with Gasteiger partial charge in [-0.2, -0.15) is 4.98 Å². The number of benzene rings is 1. The smallest absolute Gasteiger partial charge is 0.229 e. The first-order chi connectivity index (χ1) is 11.0. The van der Waals surface area contributed by atoms with E-state index in [1.54, 1.807) is 6.20 Å². The number of hydrogen-bond donors (Lipinski definition) is 1. The van der Waals surface area contributed by atoms with Crippen LogP contribution in [-0.2, 0) is 0 Å². The molecule has 1 fully saturated rings. The first-order valence-electron chi connectivity index (χ1n) is 8.14. The summed E-state index contributed by atoms with van der Waals surface area (Å²) in [6, 6.07) is 6.03. The molecule has 2 aromatic rings. The lowest BCUT2D eigenvalue weighted by atomic mass is 10.0. The van der Waals surface area contributed by atoms with E-state index in [9.17, 15) is 0 Å². The number of anilines is 3. The summed E-state index contributed by atoms with van der Waals surface area (Å²) >= 11 is 6.36. The molecule has 0 aliphatic carbocycles. The van der Waals surface area contributed by atoms with Crippen LogP contribution >= 0.6 is 11.6 Å². The van der Waals surface area contributed by atoms with Crippen molar-refractivity contribution >= 4 is 29.1 Å². The van der Waals surface area contributed by atoms with Gasteiger partial charge in [-0.05, 0) is 55.9 Å². The summed E-state index contributed by atoms with van der Waals surface area (Å²) in [6.45, 7) is 8.49. The lowest BCUT2D eigenvalue weighted by Gasteiger charge is -2.31. The van der Waals surface area contributed by atoms with E-state index >= 15 is 0 Å². The molecule has 1 atom stereocenters. The largest absolute Gasteiger partial charge is 0.356 e. The van der Waals surface area contributed by atoms with E-state index in [1.807, 2.05) is 26.0 Å². The lowest BCUT2D eigenvalue weighted by Crippen LogP contribution is -2.34. The van der Waals surface area contributed by atoms with Crippen LogP contribution in [0.5, 0.6) is 0 Å². The maximum absolute atomic E-state index is 6.36. The van der Waals surface area contributed by atoms with E-state index in [2.05, 4.69) is 33.2 Å². The minimum absolute atomic E-state index is 0.592. The molecule has 0 saturated carbocycles. The van der Waals surface area contributed by atoms with Crippen LogP contribution in [-0.4, -0.2) is 23.1 Å². The summed E-state index contributed by atoms with van der Waals surface area (Å²) in [4.78, 5) is 11.4. The Labute approximate surface area is 142 Å².